The third kappa shape index (κ3) is 5.95. The zero-order valence-electron chi connectivity index (χ0n) is 19.8. The monoisotopic (exact) mass is 490 g/mol. The number of halogens is 1. The first kappa shape index (κ1) is 24.6. The van der Waals surface area contributed by atoms with Gasteiger partial charge in [-0.3, -0.25) is 14.6 Å². The van der Waals surface area contributed by atoms with Gasteiger partial charge in [0.2, 0.25) is 11.8 Å². The topological polar surface area (TPSA) is 114 Å². The molecular formula is C26H23FN4O5. The number of anilines is 1. The van der Waals surface area contributed by atoms with Gasteiger partial charge in [-0.1, -0.05) is 17.9 Å². The fourth-order valence-electron chi connectivity index (χ4n) is 3.30. The first-order valence-electron chi connectivity index (χ1n) is 11.0. The van der Waals surface area contributed by atoms with Crippen molar-refractivity contribution in [2.24, 2.45) is 0 Å². The number of nitrogens with zero attached hydrogens (tertiary/aromatic N) is 3. The van der Waals surface area contributed by atoms with Gasteiger partial charge < -0.3 is 24.8 Å². The number of nitrogens with one attached hydrogen (secondary N) is 1. The summed E-state index contributed by atoms with van der Waals surface area (Å²) in [6.07, 6.45) is 1.35. The second-order valence-electron chi connectivity index (χ2n) is 8.50. The van der Waals surface area contributed by atoms with Crippen molar-refractivity contribution in [3.8, 4) is 29.2 Å². The smallest absolute Gasteiger partial charge is 0.270 e. The first-order valence-corrected chi connectivity index (χ1v) is 11.0. The molecular weight excluding hydrogens is 467 g/mol. The van der Waals surface area contributed by atoms with Crippen LogP contribution in [0.4, 0.5) is 10.1 Å². The number of benzene rings is 1. The molecule has 2 aromatic heterocycles. The lowest BCUT2D eigenvalue weighted by atomic mass is 10.1. The average molecular weight is 490 g/mol. The van der Waals surface area contributed by atoms with Crippen LogP contribution in [-0.2, 0) is 4.79 Å². The number of amides is 2. The molecule has 0 bridgehead atoms. The van der Waals surface area contributed by atoms with E-state index in [1.165, 1.54) is 41.4 Å². The molecule has 3 aromatic rings. The van der Waals surface area contributed by atoms with Gasteiger partial charge in [0.25, 0.3) is 11.8 Å². The highest BCUT2D eigenvalue weighted by Gasteiger charge is 2.31. The predicted octanol–water partition coefficient (Wildman–Crippen LogP) is 2.68. The van der Waals surface area contributed by atoms with Crippen molar-refractivity contribution >= 4 is 17.5 Å². The summed E-state index contributed by atoms with van der Waals surface area (Å²) in [6, 6.07) is 11.0. The van der Waals surface area contributed by atoms with E-state index in [1.54, 1.807) is 39.1 Å². The Labute approximate surface area is 206 Å². The minimum Gasteiger partial charge on any atom is -0.489 e. The van der Waals surface area contributed by atoms with Crippen LogP contribution in [0.1, 0.15) is 29.9 Å². The van der Waals surface area contributed by atoms with E-state index in [0.29, 0.717) is 17.0 Å². The highest BCUT2D eigenvalue weighted by molar-refractivity contribution is 6.03. The number of likely N-dealkylation sites (N-methyl/N-ethyl adjacent to an activating group) is 1. The molecule has 4 rings (SSSR count). The van der Waals surface area contributed by atoms with Crippen molar-refractivity contribution in [2.45, 2.75) is 25.5 Å². The van der Waals surface area contributed by atoms with Crippen LogP contribution in [0.15, 0.2) is 54.7 Å². The van der Waals surface area contributed by atoms with Crippen molar-refractivity contribution in [2.75, 3.05) is 18.6 Å². The fourth-order valence-corrected chi connectivity index (χ4v) is 3.30. The maximum atomic E-state index is 13.3. The Hall–Kier alpha value is -4.49. The summed E-state index contributed by atoms with van der Waals surface area (Å²) in [6.45, 7) is 3.05. The van der Waals surface area contributed by atoms with E-state index >= 15 is 0 Å². The number of fused-ring (bicyclic) bond motifs is 1. The van der Waals surface area contributed by atoms with E-state index < -0.39 is 29.4 Å². The Bertz CT molecular complexity index is 1380. The van der Waals surface area contributed by atoms with Crippen LogP contribution in [0.2, 0.25) is 0 Å². The van der Waals surface area contributed by atoms with Gasteiger partial charge in [0, 0.05) is 30.9 Å². The third-order valence-corrected chi connectivity index (χ3v) is 5.05. The summed E-state index contributed by atoms with van der Waals surface area (Å²) >= 11 is 0. The molecule has 1 aliphatic rings. The number of pyridine rings is 2. The number of aliphatic hydroxyl groups is 1. The Balaban J connectivity index is 1.48. The quantitative estimate of drug-likeness (QED) is 0.427. The van der Waals surface area contributed by atoms with Crippen LogP contribution in [-0.4, -0.2) is 52.2 Å². The van der Waals surface area contributed by atoms with Gasteiger partial charge >= 0.3 is 0 Å². The van der Waals surface area contributed by atoms with Crippen LogP contribution in [0.25, 0.3) is 0 Å². The van der Waals surface area contributed by atoms with E-state index in [1.807, 2.05) is 0 Å². The van der Waals surface area contributed by atoms with Gasteiger partial charge in [-0.2, -0.15) is 9.37 Å². The van der Waals surface area contributed by atoms with Gasteiger partial charge in [0.1, 0.15) is 35.4 Å². The second kappa shape index (κ2) is 10.0. The zero-order valence-corrected chi connectivity index (χ0v) is 19.8. The molecule has 0 saturated carbocycles. The highest BCUT2D eigenvalue weighted by Crippen LogP contribution is 2.31. The Morgan fingerprint density at radius 2 is 2.08 bits per heavy atom. The zero-order chi connectivity index (χ0) is 25.9. The predicted molar refractivity (Wildman–Crippen MR) is 128 cm³/mol. The van der Waals surface area contributed by atoms with Crippen molar-refractivity contribution < 1.29 is 28.6 Å². The lowest BCUT2D eigenvalue weighted by Gasteiger charge is -2.20. The maximum Gasteiger partial charge on any atom is 0.270 e. The minimum atomic E-state index is -1.16. The molecule has 0 aliphatic carbocycles. The molecule has 1 aliphatic heterocycles. The number of hydrogen-bond donors (Lipinski definition) is 2. The molecule has 9 nitrogen and oxygen atoms in total. The van der Waals surface area contributed by atoms with Crippen LogP contribution < -0.4 is 19.7 Å². The third-order valence-electron chi connectivity index (χ3n) is 5.05. The van der Waals surface area contributed by atoms with E-state index in [9.17, 15) is 19.1 Å². The fraction of sp³-hybridized carbons (Fsp3) is 0.231. The SMILES string of the molecule is CN1C(=O)C(NC(=O)c2cc(Oc3cccc(F)n3)ccn2)COc2ccc(C#CC(C)(C)O)cc21. The van der Waals surface area contributed by atoms with Crippen molar-refractivity contribution in [1.29, 1.82) is 0 Å². The van der Waals surface area contributed by atoms with Crippen LogP contribution in [0, 0.1) is 17.8 Å². The van der Waals surface area contributed by atoms with Crippen molar-refractivity contribution in [3.63, 3.8) is 0 Å². The molecule has 1 atom stereocenters. The molecule has 10 heteroatoms. The van der Waals surface area contributed by atoms with E-state index in [-0.39, 0.29) is 23.9 Å². The van der Waals surface area contributed by atoms with E-state index in [2.05, 4.69) is 27.1 Å². The Morgan fingerprint density at radius 3 is 2.83 bits per heavy atom. The minimum absolute atomic E-state index is 0.00899. The number of aromatic nitrogens is 2. The number of rotatable bonds is 4. The van der Waals surface area contributed by atoms with Crippen LogP contribution in [0.3, 0.4) is 0 Å². The second-order valence-corrected chi connectivity index (χ2v) is 8.50. The van der Waals surface area contributed by atoms with Gasteiger partial charge in [0.15, 0.2) is 0 Å². The molecule has 0 radical (unpaired) electrons. The summed E-state index contributed by atoms with van der Waals surface area (Å²) in [4.78, 5) is 35.0. The molecule has 1 unspecified atom stereocenters. The molecule has 184 valence electrons. The summed E-state index contributed by atoms with van der Waals surface area (Å²) < 4.78 is 24.6. The summed E-state index contributed by atoms with van der Waals surface area (Å²) in [5.74, 6) is 4.58. The molecule has 2 amide bonds. The van der Waals surface area contributed by atoms with Gasteiger partial charge in [-0.15, -0.1) is 0 Å². The van der Waals surface area contributed by atoms with Crippen molar-refractivity contribution in [1.82, 2.24) is 15.3 Å². The van der Waals surface area contributed by atoms with Gasteiger partial charge in [0.05, 0.1) is 5.69 Å². The van der Waals surface area contributed by atoms with Gasteiger partial charge in [-0.05, 0) is 44.2 Å². The molecule has 1 aromatic carbocycles. The first-order chi connectivity index (χ1) is 17.1. The molecule has 3 heterocycles. The van der Waals surface area contributed by atoms with E-state index in [0.717, 1.165) is 0 Å². The van der Waals surface area contributed by atoms with E-state index in [4.69, 9.17) is 9.47 Å². The van der Waals surface area contributed by atoms with Crippen LogP contribution >= 0.6 is 0 Å². The largest absolute Gasteiger partial charge is 0.489 e. The standard InChI is InChI=1S/C26H23FN4O5/c1-26(2,34)11-9-16-7-8-21-20(13-16)31(3)25(33)19(15-35-21)29-24(32)18-14-17(10-12-28-18)36-23-6-4-5-22(27)30-23/h4-8,10,12-14,19,34H,15H2,1-3H3,(H,29,32). The average Bonchev–Trinajstić information content (AvgIpc) is 2.94. The number of carbonyl (C=O) groups is 2. The highest BCUT2D eigenvalue weighted by atomic mass is 19.1. The van der Waals surface area contributed by atoms with Crippen molar-refractivity contribution in [3.05, 3.63) is 71.9 Å². The molecule has 2 N–H and O–H groups in total. The Kier molecular flexibility index (Phi) is 6.85. The molecule has 0 spiro atoms. The van der Waals surface area contributed by atoms with Gasteiger partial charge in [-0.25, -0.2) is 0 Å². The maximum absolute atomic E-state index is 13.3. The molecule has 36 heavy (non-hydrogen) atoms. The summed E-state index contributed by atoms with van der Waals surface area (Å²) in [7, 11) is 1.57. The number of carbonyl (C=O) groups excluding carboxylic acids is 2. The molecule has 0 fully saturated rings. The lowest BCUT2D eigenvalue weighted by Crippen LogP contribution is -2.49. The lowest BCUT2D eigenvalue weighted by molar-refractivity contribution is -0.120. The molecule has 0 saturated heterocycles. The number of hydrogen-bond acceptors (Lipinski definition) is 7. The van der Waals surface area contributed by atoms with Crippen LogP contribution in [0.5, 0.6) is 17.4 Å². The summed E-state index contributed by atoms with van der Waals surface area (Å²) in [5, 5.41) is 12.5. The Morgan fingerprint density at radius 1 is 1.28 bits per heavy atom. The number of ether oxygens (including phenoxy) is 2. The summed E-state index contributed by atoms with van der Waals surface area (Å²) in [5.41, 5.74) is -0.0963. The normalized spacial score (nSPS) is 15.1.